The first kappa shape index (κ1) is 29.2. The van der Waals surface area contributed by atoms with Crippen molar-refractivity contribution in [2.75, 3.05) is 6.61 Å². The van der Waals surface area contributed by atoms with Gasteiger partial charge in [0, 0.05) is 18.2 Å². The van der Waals surface area contributed by atoms with Crippen LogP contribution in [-0.4, -0.2) is 78.4 Å². The van der Waals surface area contributed by atoms with E-state index in [4.69, 9.17) is 9.15 Å². The lowest BCUT2D eigenvalue weighted by Crippen LogP contribution is -2.55. The number of carboxylic acid groups (broad SMARTS) is 1. The molecule has 0 aliphatic carbocycles. The van der Waals surface area contributed by atoms with Crippen LogP contribution in [0.25, 0.3) is 11.0 Å². The molecule has 2 aromatic carbocycles. The van der Waals surface area contributed by atoms with Gasteiger partial charge in [-0.25, -0.2) is 4.79 Å². The Hall–Kier alpha value is -3.81. The summed E-state index contributed by atoms with van der Waals surface area (Å²) in [6.45, 7) is 4.12. The average Bonchev–Trinajstić information content (AvgIpc) is 2.85. The van der Waals surface area contributed by atoms with Crippen molar-refractivity contribution in [3.05, 3.63) is 68.6 Å². The SMILES string of the molecule is CC(Cc1cc(=O)c2c(C)cc(O)c(C3OC(CO)C(O)C(O)C3O)c2o1)=NC(C(=O)O)c1cc(C)cc(O)c1. The highest BCUT2D eigenvalue weighted by molar-refractivity contribution is 5.89. The first-order valence-electron chi connectivity index (χ1n) is 12.5. The van der Waals surface area contributed by atoms with Gasteiger partial charge in [0.1, 0.15) is 53.4 Å². The van der Waals surface area contributed by atoms with Gasteiger partial charge < -0.3 is 44.9 Å². The second kappa shape index (κ2) is 11.4. The molecule has 6 unspecified atom stereocenters. The smallest absolute Gasteiger partial charge is 0.333 e. The zero-order chi connectivity index (χ0) is 29.5. The number of fused-ring (bicyclic) bond motifs is 1. The molecule has 0 saturated carbocycles. The number of rotatable bonds is 7. The van der Waals surface area contributed by atoms with Crippen molar-refractivity contribution in [1.29, 1.82) is 0 Å². The maximum absolute atomic E-state index is 13.2. The maximum atomic E-state index is 13.2. The number of phenols is 2. The lowest BCUT2D eigenvalue weighted by atomic mass is 9.89. The Morgan fingerprint density at radius 1 is 1.02 bits per heavy atom. The highest BCUT2D eigenvalue weighted by Gasteiger charge is 2.46. The molecule has 0 radical (unpaired) electrons. The molecule has 3 aromatic rings. The van der Waals surface area contributed by atoms with Crippen LogP contribution in [0.15, 0.2) is 44.5 Å². The molecule has 40 heavy (non-hydrogen) atoms. The summed E-state index contributed by atoms with van der Waals surface area (Å²) in [6, 6.07) is 5.51. The zero-order valence-electron chi connectivity index (χ0n) is 22.0. The highest BCUT2D eigenvalue weighted by Crippen LogP contribution is 2.41. The lowest BCUT2D eigenvalue weighted by molar-refractivity contribution is -0.231. The van der Waals surface area contributed by atoms with Gasteiger partial charge in [0.05, 0.1) is 17.6 Å². The molecule has 2 heterocycles. The number of aliphatic carboxylic acids is 1. The van der Waals surface area contributed by atoms with Crippen LogP contribution in [0.4, 0.5) is 0 Å². The van der Waals surface area contributed by atoms with Gasteiger partial charge in [-0.05, 0) is 55.7 Å². The molecule has 12 heteroatoms. The number of phenolic OH excluding ortho intramolecular Hbond substituents is 2. The van der Waals surface area contributed by atoms with Gasteiger partial charge >= 0.3 is 5.97 Å². The number of carbonyl (C=O) groups is 1. The summed E-state index contributed by atoms with van der Waals surface area (Å²) in [5.41, 5.74) is 0.741. The summed E-state index contributed by atoms with van der Waals surface area (Å²) in [5, 5.41) is 71.3. The Bertz CT molecular complexity index is 1510. The van der Waals surface area contributed by atoms with Crippen molar-refractivity contribution in [2.45, 2.75) is 63.8 Å². The highest BCUT2D eigenvalue weighted by atomic mass is 16.5. The van der Waals surface area contributed by atoms with Gasteiger partial charge in [-0.3, -0.25) is 9.79 Å². The number of aliphatic hydroxyl groups excluding tert-OH is 4. The minimum atomic E-state index is -1.74. The van der Waals surface area contributed by atoms with Crippen LogP contribution in [0.3, 0.4) is 0 Å². The normalized spacial score (nSPS) is 24.3. The average molecular weight is 558 g/mol. The third-order valence-corrected chi connectivity index (χ3v) is 6.86. The van der Waals surface area contributed by atoms with E-state index in [9.17, 15) is 45.3 Å². The fraction of sp³-hybridized carbons (Fsp3) is 0.393. The Morgan fingerprint density at radius 3 is 2.35 bits per heavy atom. The van der Waals surface area contributed by atoms with Gasteiger partial charge in [0.25, 0.3) is 0 Å². The number of aromatic hydroxyl groups is 2. The molecule has 6 atom stereocenters. The third-order valence-electron chi connectivity index (χ3n) is 6.86. The van der Waals surface area contributed by atoms with Crippen LogP contribution in [-0.2, 0) is 16.0 Å². The number of aryl methyl sites for hydroxylation is 2. The number of hydrogen-bond acceptors (Lipinski definition) is 11. The zero-order valence-corrected chi connectivity index (χ0v) is 22.0. The predicted molar refractivity (Wildman–Crippen MR) is 142 cm³/mol. The first-order valence-corrected chi connectivity index (χ1v) is 12.5. The number of hydrogen-bond donors (Lipinski definition) is 7. The van der Waals surface area contributed by atoms with E-state index >= 15 is 0 Å². The number of ether oxygens (including phenoxy) is 1. The molecule has 1 aliphatic rings. The molecular weight excluding hydrogens is 526 g/mol. The van der Waals surface area contributed by atoms with E-state index in [1.807, 2.05) is 0 Å². The van der Waals surface area contributed by atoms with Crippen LogP contribution in [0, 0.1) is 13.8 Å². The second-order valence-electron chi connectivity index (χ2n) is 10.0. The van der Waals surface area contributed by atoms with Gasteiger partial charge in [-0.15, -0.1) is 0 Å². The summed E-state index contributed by atoms with van der Waals surface area (Å²) in [6.07, 6.45) is -7.95. The van der Waals surface area contributed by atoms with Gasteiger partial charge in [-0.2, -0.15) is 0 Å². The van der Waals surface area contributed by atoms with Crippen LogP contribution < -0.4 is 5.43 Å². The minimum absolute atomic E-state index is 0.0609. The van der Waals surface area contributed by atoms with Crippen molar-refractivity contribution in [3.63, 3.8) is 0 Å². The first-order chi connectivity index (χ1) is 18.8. The van der Waals surface area contributed by atoms with Crippen molar-refractivity contribution in [2.24, 2.45) is 4.99 Å². The molecule has 0 bridgehead atoms. The molecule has 214 valence electrons. The van der Waals surface area contributed by atoms with Gasteiger partial charge in [-0.1, -0.05) is 6.07 Å². The van der Waals surface area contributed by atoms with E-state index in [-0.39, 0.29) is 45.7 Å². The monoisotopic (exact) mass is 557 g/mol. The Balaban J connectivity index is 1.79. The third kappa shape index (κ3) is 5.58. The molecule has 12 nitrogen and oxygen atoms in total. The number of benzene rings is 2. The summed E-state index contributed by atoms with van der Waals surface area (Å²) in [5.74, 6) is -1.71. The van der Waals surface area contributed by atoms with Crippen molar-refractivity contribution < 1.29 is 49.7 Å². The van der Waals surface area contributed by atoms with Crippen molar-refractivity contribution in [1.82, 2.24) is 0 Å². The molecule has 1 saturated heterocycles. The number of aliphatic imine (C=N–C) groups is 1. The summed E-state index contributed by atoms with van der Waals surface area (Å²) in [4.78, 5) is 29.4. The standard InChI is InChI=1S/C28H31NO11/c1-11-4-14(8-15(31)5-11)22(28(37)38)29-13(3)7-16-9-18(33)20-12(2)6-17(32)21(26(20)39-16)27-25(36)24(35)23(34)19(10-30)40-27/h4-6,8-9,19,22-25,27,30-32,34-36H,7,10H2,1-3H3,(H,37,38). The summed E-state index contributed by atoms with van der Waals surface area (Å²) < 4.78 is 11.6. The van der Waals surface area contributed by atoms with E-state index in [1.165, 1.54) is 24.3 Å². The molecule has 0 spiro atoms. The van der Waals surface area contributed by atoms with Gasteiger partial charge in [0.2, 0.25) is 0 Å². The number of carboxylic acids is 1. The fourth-order valence-corrected chi connectivity index (χ4v) is 5.02. The molecular formula is C28H31NO11. The molecule has 1 fully saturated rings. The minimum Gasteiger partial charge on any atom is -0.508 e. The molecule has 1 aromatic heterocycles. The summed E-state index contributed by atoms with van der Waals surface area (Å²) >= 11 is 0. The van der Waals surface area contributed by atoms with Crippen LogP contribution in [0.5, 0.6) is 11.5 Å². The molecule has 1 aliphatic heterocycles. The predicted octanol–water partition coefficient (Wildman–Crippen LogP) is 1.17. The Kier molecular flexibility index (Phi) is 8.28. The Labute approximate surface area is 228 Å². The Morgan fingerprint density at radius 2 is 1.73 bits per heavy atom. The maximum Gasteiger partial charge on any atom is 0.333 e. The molecule has 7 N–H and O–H groups in total. The molecule has 0 amide bonds. The van der Waals surface area contributed by atoms with E-state index < -0.39 is 60.3 Å². The van der Waals surface area contributed by atoms with Crippen molar-refractivity contribution in [3.8, 4) is 11.5 Å². The van der Waals surface area contributed by atoms with Crippen LogP contribution >= 0.6 is 0 Å². The van der Waals surface area contributed by atoms with E-state index in [0.717, 1.165) is 0 Å². The molecule has 4 rings (SSSR count). The second-order valence-corrected chi connectivity index (χ2v) is 10.0. The van der Waals surface area contributed by atoms with Gasteiger partial charge in [0.15, 0.2) is 11.5 Å². The fourth-order valence-electron chi connectivity index (χ4n) is 5.02. The quantitative estimate of drug-likeness (QED) is 0.205. The number of nitrogens with zero attached hydrogens (tertiary/aromatic N) is 1. The van der Waals surface area contributed by atoms with E-state index in [2.05, 4.69) is 4.99 Å². The van der Waals surface area contributed by atoms with Crippen LogP contribution in [0.1, 0.15) is 47.1 Å². The summed E-state index contributed by atoms with van der Waals surface area (Å²) in [7, 11) is 0. The largest absolute Gasteiger partial charge is 0.508 e. The van der Waals surface area contributed by atoms with E-state index in [1.54, 1.807) is 26.8 Å². The van der Waals surface area contributed by atoms with Crippen LogP contribution in [0.2, 0.25) is 0 Å². The lowest BCUT2D eigenvalue weighted by Gasteiger charge is -2.40. The van der Waals surface area contributed by atoms with E-state index in [0.29, 0.717) is 11.1 Å². The number of aliphatic hydroxyl groups is 4. The van der Waals surface area contributed by atoms with Crippen molar-refractivity contribution >= 4 is 22.7 Å². The topological polar surface area (TPSA) is 210 Å².